The lowest BCUT2D eigenvalue weighted by molar-refractivity contribution is -0.122. The molecule has 170 valence electrons. The van der Waals surface area contributed by atoms with Crippen LogP contribution in [0.25, 0.3) is 0 Å². The fourth-order valence-electron chi connectivity index (χ4n) is 4.02. The van der Waals surface area contributed by atoms with E-state index in [1.165, 1.54) is 12.1 Å². The summed E-state index contributed by atoms with van der Waals surface area (Å²) >= 11 is 6.09. The Bertz CT molecular complexity index is 1170. The Morgan fingerprint density at radius 2 is 1.61 bits per heavy atom. The van der Waals surface area contributed by atoms with E-state index in [0.717, 1.165) is 11.6 Å². The number of nitrogens with one attached hydrogen (secondary N) is 1. The predicted octanol–water partition coefficient (Wildman–Crippen LogP) is 5.23. The molecule has 0 radical (unpaired) electrons. The number of amides is 2. The SMILES string of the molecule is COc1ccc(C2C(C(=O)Nc3ccc(F)cc3Cl)CC(=O)N2c2ccc(OC)cc2)cc1. The predicted molar refractivity (Wildman–Crippen MR) is 124 cm³/mol. The second-order valence-corrected chi connectivity index (χ2v) is 8.01. The molecule has 2 unspecified atom stereocenters. The van der Waals surface area contributed by atoms with Crippen LogP contribution in [0.3, 0.4) is 0 Å². The highest BCUT2D eigenvalue weighted by molar-refractivity contribution is 6.33. The Morgan fingerprint density at radius 3 is 2.18 bits per heavy atom. The lowest BCUT2D eigenvalue weighted by atomic mass is 9.92. The molecule has 1 N–H and O–H groups in total. The van der Waals surface area contributed by atoms with Crippen molar-refractivity contribution in [3.63, 3.8) is 0 Å². The zero-order valence-electron chi connectivity index (χ0n) is 18.0. The molecule has 0 aliphatic carbocycles. The fourth-order valence-corrected chi connectivity index (χ4v) is 4.23. The largest absolute Gasteiger partial charge is 0.497 e. The minimum absolute atomic E-state index is 0.00731. The normalized spacial score (nSPS) is 17.7. The molecule has 0 saturated carbocycles. The van der Waals surface area contributed by atoms with Gasteiger partial charge >= 0.3 is 0 Å². The fraction of sp³-hybridized carbons (Fsp3) is 0.200. The van der Waals surface area contributed by atoms with Gasteiger partial charge in [0.2, 0.25) is 11.8 Å². The summed E-state index contributed by atoms with van der Waals surface area (Å²) in [7, 11) is 3.14. The molecule has 1 fully saturated rings. The van der Waals surface area contributed by atoms with Gasteiger partial charge in [-0.15, -0.1) is 0 Å². The van der Waals surface area contributed by atoms with Crippen molar-refractivity contribution in [2.75, 3.05) is 24.4 Å². The highest BCUT2D eigenvalue weighted by Crippen LogP contribution is 2.43. The molecule has 3 aromatic rings. The Morgan fingerprint density at radius 1 is 1.00 bits per heavy atom. The molecule has 0 aromatic heterocycles. The summed E-state index contributed by atoms with van der Waals surface area (Å²) in [6.45, 7) is 0. The van der Waals surface area contributed by atoms with Crippen molar-refractivity contribution in [3.8, 4) is 11.5 Å². The number of halogens is 2. The molecule has 6 nitrogen and oxygen atoms in total. The van der Waals surface area contributed by atoms with Crippen LogP contribution in [0.5, 0.6) is 11.5 Å². The number of anilines is 2. The topological polar surface area (TPSA) is 67.9 Å². The first-order valence-electron chi connectivity index (χ1n) is 10.3. The molecule has 0 bridgehead atoms. The molecule has 4 rings (SSSR count). The lowest BCUT2D eigenvalue weighted by Gasteiger charge is -2.28. The van der Waals surface area contributed by atoms with E-state index in [2.05, 4.69) is 5.32 Å². The van der Waals surface area contributed by atoms with Gasteiger partial charge < -0.3 is 19.7 Å². The molecule has 33 heavy (non-hydrogen) atoms. The number of carbonyl (C=O) groups excluding carboxylic acids is 2. The van der Waals surface area contributed by atoms with Gasteiger partial charge in [-0.1, -0.05) is 23.7 Å². The monoisotopic (exact) mass is 468 g/mol. The van der Waals surface area contributed by atoms with Crippen molar-refractivity contribution in [3.05, 3.63) is 83.1 Å². The highest BCUT2D eigenvalue weighted by Gasteiger charge is 2.45. The van der Waals surface area contributed by atoms with Gasteiger partial charge in [-0.25, -0.2) is 4.39 Å². The van der Waals surface area contributed by atoms with Gasteiger partial charge in [0.25, 0.3) is 0 Å². The second kappa shape index (κ2) is 9.50. The van der Waals surface area contributed by atoms with E-state index in [-0.39, 0.29) is 28.9 Å². The quantitative estimate of drug-likeness (QED) is 0.538. The number of methoxy groups -OCH3 is 2. The van der Waals surface area contributed by atoms with E-state index in [4.69, 9.17) is 21.1 Å². The number of nitrogens with zero attached hydrogens (tertiary/aromatic N) is 1. The van der Waals surface area contributed by atoms with E-state index in [0.29, 0.717) is 17.2 Å². The molecule has 2 atom stereocenters. The minimum Gasteiger partial charge on any atom is -0.497 e. The zero-order valence-corrected chi connectivity index (χ0v) is 18.8. The smallest absolute Gasteiger partial charge is 0.230 e. The van der Waals surface area contributed by atoms with E-state index in [9.17, 15) is 14.0 Å². The summed E-state index contributed by atoms with van der Waals surface area (Å²) in [5.74, 6) is -0.449. The van der Waals surface area contributed by atoms with Gasteiger partial charge in [-0.3, -0.25) is 9.59 Å². The summed E-state index contributed by atoms with van der Waals surface area (Å²) in [6, 6.07) is 17.5. The van der Waals surface area contributed by atoms with E-state index >= 15 is 0 Å². The van der Waals surface area contributed by atoms with Crippen LogP contribution in [-0.2, 0) is 9.59 Å². The van der Waals surface area contributed by atoms with Gasteiger partial charge in [0.15, 0.2) is 0 Å². The second-order valence-electron chi connectivity index (χ2n) is 7.60. The summed E-state index contributed by atoms with van der Waals surface area (Å²) in [6.07, 6.45) is 0.00731. The van der Waals surface area contributed by atoms with Crippen LogP contribution < -0.4 is 19.7 Å². The van der Waals surface area contributed by atoms with Crippen LogP contribution in [0.15, 0.2) is 66.7 Å². The number of carbonyl (C=O) groups is 2. The molecule has 8 heteroatoms. The van der Waals surface area contributed by atoms with E-state index in [1.807, 2.05) is 12.1 Å². The molecule has 1 heterocycles. The molecular weight excluding hydrogens is 447 g/mol. The summed E-state index contributed by atoms with van der Waals surface area (Å²) in [5.41, 5.74) is 1.71. The number of rotatable bonds is 6. The van der Waals surface area contributed by atoms with Crippen LogP contribution in [0, 0.1) is 11.7 Å². The maximum absolute atomic E-state index is 13.4. The van der Waals surface area contributed by atoms with Crippen molar-refractivity contribution in [1.82, 2.24) is 0 Å². The third-order valence-electron chi connectivity index (χ3n) is 5.66. The van der Waals surface area contributed by atoms with Crippen molar-refractivity contribution >= 4 is 34.8 Å². The van der Waals surface area contributed by atoms with Gasteiger partial charge in [0.1, 0.15) is 17.3 Å². The van der Waals surface area contributed by atoms with Crippen LogP contribution in [0.4, 0.5) is 15.8 Å². The Kier molecular flexibility index (Phi) is 6.51. The molecule has 1 aliphatic rings. The van der Waals surface area contributed by atoms with Crippen LogP contribution >= 0.6 is 11.6 Å². The molecule has 0 spiro atoms. The molecule has 3 aromatic carbocycles. The van der Waals surface area contributed by atoms with E-state index < -0.39 is 17.8 Å². The van der Waals surface area contributed by atoms with E-state index in [1.54, 1.807) is 55.5 Å². The van der Waals surface area contributed by atoms with Gasteiger partial charge in [-0.2, -0.15) is 0 Å². The third-order valence-corrected chi connectivity index (χ3v) is 5.97. The van der Waals surface area contributed by atoms with Crippen LogP contribution in [0.1, 0.15) is 18.0 Å². The number of ether oxygens (including phenoxy) is 2. The molecular formula is C25H22ClFN2O4. The standard InChI is InChI=1S/C25H22ClFN2O4/c1-32-18-8-3-15(4-9-18)24-20(25(31)28-22-12-5-16(27)13-21(22)26)14-23(30)29(24)17-6-10-19(33-2)11-7-17/h3-13,20,24H,14H2,1-2H3,(H,28,31). The van der Waals surface area contributed by atoms with Crippen molar-refractivity contribution < 1.29 is 23.5 Å². The Labute approximate surface area is 195 Å². The first-order valence-corrected chi connectivity index (χ1v) is 10.6. The maximum Gasteiger partial charge on any atom is 0.230 e. The average Bonchev–Trinajstić information content (AvgIpc) is 3.18. The minimum atomic E-state index is -0.700. The third kappa shape index (κ3) is 4.64. The average molecular weight is 469 g/mol. The molecule has 1 aliphatic heterocycles. The highest BCUT2D eigenvalue weighted by atomic mass is 35.5. The lowest BCUT2D eigenvalue weighted by Crippen LogP contribution is -2.32. The number of hydrogen-bond acceptors (Lipinski definition) is 4. The zero-order chi connectivity index (χ0) is 23.5. The van der Waals surface area contributed by atoms with Gasteiger partial charge in [0, 0.05) is 12.1 Å². The Balaban J connectivity index is 1.71. The van der Waals surface area contributed by atoms with Crippen molar-refractivity contribution in [1.29, 1.82) is 0 Å². The number of hydrogen-bond donors (Lipinski definition) is 1. The Hall–Kier alpha value is -3.58. The summed E-state index contributed by atoms with van der Waals surface area (Å²) in [5, 5.41) is 2.84. The summed E-state index contributed by atoms with van der Waals surface area (Å²) < 4.78 is 23.9. The molecule has 1 saturated heterocycles. The van der Waals surface area contributed by atoms with Crippen molar-refractivity contribution in [2.24, 2.45) is 5.92 Å². The molecule has 2 amide bonds. The van der Waals surface area contributed by atoms with Gasteiger partial charge in [0.05, 0.1) is 36.9 Å². The van der Waals surface area contributed by atoms with Crippen LogP contribution in [0.2, 0.25) is 5.02 Å². The maximum atomic E-state index is 13.4. The first-order chi connectivity index (χ1) is 15.9. The first kappa shape index (κ1) is 22.6. The number of benzene rings is 3. The van der Waals surface area contributed by atoms with Gasteiger partial charge in [-0.05, 0) is 60.2 Å². The van der Waals surface area contributed by atoms with Crippen LogP contribution in [-0.4, -0.2) is 26.0 Å². The van der Waals surface area contributed by atoms with Crippen molar-refractivity contribution in [2.45, 2.75) is 12.5 Å². The summed E-state index contributed by atoms with van der Waals surface area (Å²) in [4.78, 5) is 28.0.